The van der Waals surface area contributed by atoms with Gasteiger partial charge in [-0.2, -0.15) is 0 Å². The van der Waals surface area contributed by atoms with Crippen molar-refractivity contribution in [3.05, 3.63) is 78.1 Å². The molecule has 146 valence electrons. The summed E-state index contributed by atoms with van der Waals surface area (Å²) in [6.07, 6.45) is 3.79. The Bertz CT molecular complexity index is 1060. The molecule has 2 heterocycles. The number of nitrogens with one attached hydrogen (secondary N) is 2. The van der Waals surface area contributed by atoms with Crippen LogP contribution in [0.25, 0.3) is 0 Å². The minimum absolute atomic E-state index is 0.162. The molecule has 2 N–H and O–H groups in total. The summed E-state index contributed by atoms with van der Waals surface area (Å²) in [7, 11) is 0. The van der Waals surface area contributed by atoms with Gasteiger partial charge in [-0.05, 0) is 54.8 Å². The van der Waals surface area contributed by atoms with Gasteiger partial charge in [0.05, 0.1) is 0 Å². The number of benzene rings is 2. The number of aryl methyl sites for hydroxylation is 1. The molecule has 2 amide bonds. The second-order valence-electron chi connectivity index (χ2n) is 7.00. The molecule has 0 aliphatic carbocycles. The van der Waals surface area contributed by atoms with E-state index in [4.69, 9.17) is 0 Å². The Morgan fingerprint density at radius 3 is 2.59 bits per heavy atom. The second kappa shape index (κ2) is 8.14. The molecular formula is C23H22N4O2. The SMILES string of the molecule is CC(=O)Nc1cccc(NC(=O)c2cc(N3CCCc4ccccc43)ccn2)c1. The Morgan fingerprint density at radius 2 is 1.76 bits per heavy atom. The number of aromatic nitrogens is 1. The topological polar surface area (TPSA) is 74.3 Å². The van der Waals surface area contributed by atoms with Crippen molar-refractivity contribution in [3.8, 4) is 0 Å². The molecule has 2 aromatic carbocycles. The van der Waals surface area contributed by atoms with E-state index in [9.17, 15) is 9.59 Å². The zero-order valence-electron chi connectivity index (χ0n) is 16.2. The van der Waals surface area contributed by atoms with Crippen LogP contribution >= 0.6 is 0 Å². The van der Waals surface area contributed by atoms with E-state index in [0.29, 0.717) is 17.1 Å². The van der Waals surface area contributed by atoms with Crippen LogP contribution in [-0.4, -0.2) is 23.3 Å². The lowest BCUT2D eigenvalue weighted by Crippen LogP contribution is -2.25. The van der Waals surface area contributed by atoms with E-state index < -0.39 is 0 Å². The maximum absolute atomic E-state index is 12.7. The highest BCUT2D eigenvalue weighted by atomic mass is 16.2. The zero-order chi connectivity index (χ0) is 20.2. The summed E-state index contributed by atoms with van der Waals surface area (Å²) in [4.78, 5) is 30.5. The summed E-state index contributed by atoms with van der Waals surface area (Å²) in [5, 5.41) is 5.56. The van der Waals surface area contributed by atoms with Crippen LogP contribution in [0.3, 0.4) is 0 Å². The lowest BCUT2D eigenvalue weighted by Gasteiger charge is -2.31. The van der Waals surface area contributed by atoms with Gasteiger partial charge in [-0.1, -0.05) is 24.3 Å². The molecule has 6 heteroatoms. The smallest absolute Gasteiger partial charge is 0.274 e. The van der Waals surface area contributed by atoms with E-state index in [1.54, 1.807) is 30.5 Å². The Kier molecular flexibility index (Phi) is 5.24. The average Bonchev–Trinajstić information content (AvgIpc) is 2.73. The van der Waals surface area contributed by atoms with E-state index in [1.165, 1.54) is 18.2 Å². The highest BCUT2D eigenvalue weighted by Gasteiger charge is 2.19. The number of carbonyl (C=O) groups excluding carboxylic acids is 2. The molecule has 0 atom stereocenters. The maximum Gasteiger partial charge on any atom is 0.274 e. The fraction of sp³-hybridized carbons (Fsp3) is 0.174. The van der Waals surface area contributed by atoms with Crippen molar-refractivity contribution in [2.45, 2.75) is 19.8 Å². The number of fused-ring (bicyclic) bond motifs is 1. The van der Waals surface area contributed by atoms with E-state index in [0.717, 1.165) is 25.1 Å². The van der Waals surface area contributed by atoms with Crippen LogP contribution in [0, 0.1) is 0 Å². The number of hydrogen-bond donors (Lipinski definition) is 2. The van der Waals surface area contributed by atoms with Crippen molar-refractivity contribution in [3.63, 3.8) is 0 Å². The highest BCUT2D eigenvalue weighted by Crippen LogP contribution is 2.33. The van der Waals surface area contributed by atoms with Crippen LogP contribution in [-0.2, 0) is 11.2 Å². The summed E-state index contributed by atoms with van der Waals surface area (Å²) in [6, 6.07) is 19.1. The third kappa shape index (κ3) is 4.27. The summed E-state index contributed by atoms with van der Waals surface area (Å²) in [5.41, 5.74) is 5.01. The zero-order valence-corrected chi connectivity index (χ0v) is 16.2. The Balaban J connectivity index is 1.55. The van der Waals surface area contributed by atoms with Gasteiger partial charge in [0.2, 0.25) is 5.91 Å². The molecule has 0 fully saturated rings. The largest absolute Gasteiger partial charge is 0.341 e. The first kappa shape index (κ1) is 18.7. The van der Waals surface area contributed by atoms with Gasteiger partial charge in [0.1, 0.15) is 5.69 Å². The van der Waals surface area contributed by atoms with Gasteiger partial charge in [0, 0.05) is 42.4 Å². The molecule has 29 heavy (non-hydrogen) atoms. The molecule has 0 unspecified atom stereocenters. The first-order chi connectivity index (χ1) is 14.1. The molecule has 6 nitrogen and oxygen atoms in total. The standard InChI is InChI=1S/C23H22N4O2/c1-16(28)25-18-8-4-9-19(14-18)26-23(29)21-15-20(11-12-24-21)27-13-5-7-17-6-2-3-10-22(17)27/h2-4,6,8-12,14-15H,5,7,13H2,1H3,(H,25,28)(H,26,29). The minimum atomic E-state index is -0.294. The van der Waals surface area contributed by atoms with Gasteiger partial charge in [-0.25, -0.2) is 0 Å². The van der Waals surface area contributed by atoms with Crippen LogP contribution < -0.4 is 15.5 Å². The molecule has 0 radical (unpaired) electrons. The van der Waals surface area contributed by atoms with Crippen LogP contribution in [0.2, 0.25) is 0 Å². The number of hydrogen-bond acceptors (Lipinski definition) is 4. The third-order valence-electron chi connectivity index (χ3n) is 4.84. The number of nitrogens with zero attached hydrogens (tertiary/aromatic N) is 2. The molecule has 1 aliphatic heterocycles. The maximum atomic E-state index is 12.7. The van der Waals surface area contributed by atoms with Crippen molar-refractivity contribution in [1.29, 1.82) is 0 Å². The van der Waals surface area contributed by atoms with Gasteiger partial charge >= 0.3 is 0 Å². The normalized spacial score (nSPS) is 12.8. The van der Waals surface area contributed by atoms with Gasteiger partial charge < -0.3 is 15.5 Å². The Hall–Kier alpha value is -3.67. The van der Waals surface area contributed by atoms with Crippen molar-refractivity contribution in [2.24, 2.45) is 0 Å². The fourth-order valence-corrected chi connectivity index (χ4v) is 3.59. The second-order valence-corrected chi connectivity index (χ2v) is 7.00. The molecule has 0 spiro atoms. The van der Waals surface area contributed by atoms with Crippen LogP contribution in [0.4, 0.5) is 22.7 Å². The number of carbonyl (C=O) groups is 2. The fourth-order valence-electron chi connectivity index (χ4n) is 3.59. The van der Waals surface area contributed by atoms with Gasteiger partial charge in [0.15, 0.2) is 0 Å². The van der Waals surface area contributed by atoms with E-state index in [2.05, 4.69) is 38.7 Å². The summed E-state index contributed by atoms with van der Waals surface area (Å²) in [5.74, 6) is -0.457. The molecule has 0 bridgehead atoms. The monoisotopic (exact) mass is 386 g/mol. The van der Waals surface area contributed by atoms with Crippen molar-refractivity contribution < 1.29 is 9.59 Å². The van der Waals surface area contributed by atoms with Gasteiger partial charge in [-0.3, -0.25) is 14.6 Å². The van der Waals surface area contributed by atoms with Crippen molar-refractivity contribution >= 4 is 34.6 Å². The molecular weight excluding hydrogens is 364 g/mol. The first-order valence-corrected chi connectivity index (χ1v) is 9.61. The number of para-hydroxylation sites is 1. The first-order valence-electron chi connectivity index (χ1n) is 9.61. The Morgan fingerprint density at radius 1 is 0.966 bits per heavy atom. The average molecular weight is 386 g/mol. The lowest BCUT2D eigenvalue weighted by molar-refractivity contribution is -0.114. The predicted molar refractivity (Wildman–Crippen MR) is 115 cm³/mol. The molecule has 0 saturated carbocycles. The number of pyridine rings is 1. The number of amides is 2. The third-order valence-corrected chi connectivity index (χ3v) is 4.84. The molecule has 1 aromatic heterocycles. The van der Waals surface area contributed by atoms with E-state index >= 15 is 0 Å². The summed E-state index contributed by atoms with van der Waals surface area (Å²) < 4.78 is 0. The van der Waals surface area contributed by atoms with Gasteiger partial charge in [-0.15, -0.1) is 0 Å². The van der Waals surface area contributed by atoms with E-state index in [1.807, 2.05) is 18.2 Å². The lowest BCUT2D eigenvalue weighted by atomic mass is 10.0. The Labute approximate surface area is 169 Å². The number of rotatable bonds is 4. The molecule has 4 rings (SSSR count). The minimum Gasteiger partial charge on any atom is -0.341 e. The van der Waals surface area contributed by atoms with Crippen molar-refractivity contribution in [1.82, 2.24) is 4.98 Å². The summed E-state index contributed by atoms with van der Waals surface area (Å²) in [6.45, 7) is 2.35. The molecule has 3 aromatic rings. The van der Waals surface area contributed by atoms with Crippen molar-refractivity contribution in [2.75, 3.05) is 22.1 Å². The summed E-state index contributed by atoms with van der Waals surface area (Å²) >= 11 is 0. The predicted octanol–water partition coefficient (Wildman–Crippen LogP) is 4.38. The van der Waals surface area contributed by atoms with Crippen LogP contribution in [0.1, 0.15) is 29.4 Å². The highest BCUT2D eigenvalue weighted by molar-refractivity contribution is 6.04. The van der Waals surface area contributed by atoms with Gasteiger partial charge in [0.25, 0.3) is 5.91 Å². The van der Waals surface area contributed by atoms with E-state index in [-0.39, 0.29) is 11.8 Å². The van der Waals surface area contributed by atoms with Crippen LogP contribution in [0.15, 0.2) is 66.9 Å². The molecule has 0 saturated heterocycles. The quantitative estimate of drug-likeness (QED) is 0.698. The number of anilines is 4. The van der Waals surface area contributed by atoms with Crippen LogP contribution in [0.5, 0.6) is 0 Å². The molecule has 1 aliphatic rings.